The molecule has 0 radical (unpaired) electrons. The number of H-pyrrole nitrogens is 1. The fourth-order valence-corrected chi connectivity index (χ4v) is 2.02. The van der Waals surface area contributed by atoms with Crippen molar-refractivity contribution >= 4 is 15.8 Å². The van der Waals surface area contributed by atoms with E-state index in [1.165, 1.54) is 30.6 Å². The largest absolute Gasteiger partial charge is 0.279 e. The summed E-state index contributed by atoms with van der Waals surface area (Å²) in [5, 5.41) is 14.4. The van der Waals surface area contributed by atoms with E-state index < -0.39 is 10.0 Å². The minimum Gasteiger partial charge on any atom is -0.266 e. The summed E-state index contributed by atoms with van der Waals surface area (Å²) in [6.45, 7) is 0. The Labute approximate surface area is 97.2 Å². The van der Waals surface area contributed by atoms with Gasteiger partial charge in [0.15, 0.2) is 5.03 Å². The molecule has 0 unspecified atom stereocenters. The zero-order valence-electron chi connectivity index (χ0n) is 8.45. The first-order valence-corrected chi connectivity index (χ1v) is 5.98. The van der Waals surface area contributed by atoms with Crippen LogP contribution in [0.5, 0.6) is 0 Å². The van der Waals surface area contributed by atoms with Gasteiger partial charge in [0.25, 0.3) is 10.0 Å². The molecule has 0 aliphatic heterocycles. The molecule has 0 spiro atoms. The number of pyridine rings is 1. The highest BCUT2D eigenvalue weighted by Crippen LogP contribution is 2.11. The van der Waals surface area contributed by atoms with Crippen LogP contribution in [0.1, 0.15) is 5.56 Å². The number of aromatic amines is 1. The molecule has 0 saturated carbocycles. The Morgan fingerprint density at radius 2 is 2.18 bits per heavy atom. The third-order valence-corrected chi connectivity index (χ3v) is 3.18. The van der Waals surface area contributed by atoms with Crippen molar-refractivity contribution in [2.75, 3.05) is 4.72 Å². The third kappa shape index (κ3) is 2.40. The monoisotopic (exact) mass is 249 g/mol. The molecule has 0 amide bonds. The lowest BCUT2D eigenvalue weighted by Crippen LogP contribution is -2.14. The summed E-state index contributed by atoms with van der Waals surface area (Å²) in [5.41, 5.74) is 0.356. The Bertz CT molecular complexity index is 640. The normalized spacial score (nSPS) is 10.8. The quantitative estimate of drug-likeness (QED) is 0.821. The highest BCUT2D eigenvalue weighted by atomic mass is 32.2. The van der Waals surface area contributed by atoms with Crippen molar-refractivity contribution in [3.8, 4) is 6.07 Å². The number of hydrogen-bond donors (Lipinski definition) is 2. The van der Waals surface area contributed by atoms with E-state index >= 15 is 0 Å². The summed E-state index contributed by atoms with van der Waals surface area (Å²) in [5.74, 6) is 0.138. The Hall–Kier alpha value is -2.40. The van der Waals surface area contributed by atoms with Gasteiger partial charge in [-0.1, -0.05) is 0 Å². The molecule has 2 rings (SSSR count). The summed E-state index contributed by atoms with van der Waals surface area (Å²) in [7, 11) is -3.70. The second kappa shape index (κ2) is 4.23. The molecular weight excluding hydrogens is 242 g/mol. The van der Waals surface area contributed by atoms with Crippen LogP contribution in [0.4, 0.5) is 5.82 Å². The number of aromatic nitrogens is 3. The van der Waals surface area contributed by atoms with E-state index in [1.807, 2.05) is 6.07 Å². The van der Waals surface area contributed by atoms with Gasteiger partial charge < -0.3 is 0 Å². The van der Waals surface area contributed by atoms with E-state index in [2.05, 4.69) is 19.9 Å². The zero-order chi connectivity index (χ0) is 12.3. The highest BCUT2D eigenvalue weighted by molar-refractivity contribution is 7.92. The minimum atomic E-state index is -3.70. The van der Waals surface area contributed by atoms with Crippen LogP contribution in [0.25, 0.3) is 0 Å². The number of nitrogens with one attached hydrogen (secondary N) is 2. The van der Waals surface area contributed by atoms with Crippen LogP contribution in [0.15, 0.2) is 35.6 Å². The first-order valence-electron chi connectivity index (χ1n) is 4.50. The Kier molecular flexibility index (Phi) is 2.76. The summed E-state index contributed by atoms with van der Waals surface area (Å²) in [6, 6.07) is 6.09. The van der Waals surface area contributed by atoms with Crippen LogP contribution >= 0.6 is 0 Å². The van der Waals surface area contributed by atoms with E-state index in [0.717, 1.165) is 0 Å². The van der Waals surface area contributed by atoms with Crippen molar-refractivity contribution in [1.29, 1.82) is 5.26 Å². The number of nitriles is 1. The Balaban J connectivity index is 2.24. The second-order valence-electron chi connectivity index (χ2n) is 3.07. The number of nitrogens with zero attached hydrogens (tertiary/aromatic N) is 3. The van der Waals surface area contributed by atoms with E-state index in [0.29, 0.717) is 5.56 Å². The van der Waals surface area contributed by atoms with Crippen molar-refractivity contribution in [3.05, 3.63) is 36.2 Å². The van der Waals surface area contributed by atoms with Crippen LogP contribution < -0.4 is 4.72 Å². The highest BCUT2D eigenvalue weighted by Gasteiger charge is 2.15. The van der Waals surface area contributed by atoms with Gasteiger partial charge in [-0.3, -0.25) is 9.82 Å². The van der Waals surface area contributed by atoms with Gasteiger partial charge in [-0.25, -0.2) is 4.98 Å². The lowest BCUT2D eigenvalue weighted by molar-refractivity contribution is 0.597. The van der Waals surface area contributed by atoms with Crippen LogP contribution in [-0.4, -0.2) is 23.6 Å². The summed E-state index contributed by atoms with van der Waals surface area (Å²) < 4.78 is 25.7. The molecule has 0 atom stereocenters. The molecule has 2 aromatic heterocycles. The van der Waals surface area contributed by atoms with Gasteiger partial charge in [0.05, 0.1) is 11.8 Å². The lowest BCUT2D eigenvalue weighted by Gasteiger charge is -2.04. The fourth-order valence-electron chi connectivity index (χ4n) is 1.11. The van der Waals surface area contributed by atoms with Crippen LogP contribution in [0.2, 0.25) is 0 Å². The van der Waals surface area contributed by atoms with Crippen molar-refractivity contribution in [2.45, 2.75) is 5.03 Å². The smallest absolute Gasteiger partial charge is 0.266 e. The standard InChI is InChI=1S/C9H7N5O2S/c10-5-7-1-2-8(11-6-7)14-17(15,16)9-3-4-12-13-9/h1-4,6H,(H,11,14)(H,12,13). The van der Waals surface area contributed by atoms with Crippen LogP contribution in [0, 0.1) is 11.3 Å². The van der Waals surface area contributed by atoms with Gasteiger partial charge in [-0.2, -0.15) is 18.8 Å². The van der Waals surface area contributed by atoms with E-state index in [4.69, 9.17) is 5.26 Å². The van der Waals surface area contributed by atoms with Crippen molar-refractivity contribution in [3.63, 3.8) is 0 Å². The molecule has 2 aromatic rings. The lowest BCUT2D eigenvalue weighted by atomic mass is 10.3. The topological polar surface area (TPSA) is 112 Å². The minimum absolute atomic E-state index is 0.0522. The molecule has 0 aromatic carbocycles. The molecule has 0 aliphatic carbocycles. The van der Waals surface area contributed by atoms with Gasteiger partial charge in [0.1, 0.15) is 11.9 Å². The Morgan fingerprint density at radius 1 is 1.35 bits per heavy atom. The molecule has 0 saturated heterocycles. The summed E-state index contributed by atoms with van der Waals surface area (Å²) in [6.07, 6.45) is 2.62. The van der Waals surface area contributed by atoms with Crippen molar-refractivity contribution < 1.29 is 8.42 Å². The third-order valence-electron chi connectivity index (χ3n) is 1.90. The first-order chi connectivity index (χ1) is 8.12. The number of hydrogen-bond acceptors (Lipinski definition) is 5. The maximum absolute atomic E-state index is 11.7. The molecule has 0 fully saturated rings. The van der Waals surface area contributed by atoms with Crippen molar-refractivity contribution in [2.24, 2.45) is 0 Å². The van der Waals surface area contributed by atoms with Gasteiger partial charge in [-0.05, 0) is 18.2 Å². The fraction of sp³-hybridized carbons (Fsp3) is 0. The molecular formula is C9H7N5O2S. The zero-order valence-corrected chi connectivity index (χ0v) is 9.27. The predicted molar refractivity (Wildman–Crippen MR) is 58.3 cm³/mol. The number of sulfonamides is 1. The second-order valence-corrected chi connectivity index (χ2v) is 4.72. The van der Waals surface area contributed by atoms with Gasteiger partial charge in [-0.15, -0.1) is 0 Å². The molecule has 0 bridgehead atoms. The van der Waals surface area contributed by atoms with E-state index in [-0.39, 0.29) is 10.8 Å². The molecule has 0 aliphatic rings. The van der Waals surface area contributed by atoms with E-state index in [9.17, 15) is 8.42 Å². The van der Waals surface area contributed by atoms with Gasteiger partial charge in [0.2, 0.25) is 0 Å². The van der Waals surface area contributed by atoms with Crippen LogP contribution in [0.3, 0.4) is 0 Å². The summed E-state index contributed by atoms with van der Waals surface area (Å²) in [4.78, 5) is 3.80. The molecule has 2 N–H and O–H groups in total. The maximum atomic E-state index is 11.7. The number of rotatable bonds is 3. The molecule has 7 nitrogen and oxygen atoms in total. The number of anilines is 1. The Morgan fingerprint density at radius 3 is 2.71 bits per heavy atom. The summed E-state index contributed by atoms with van der Waals surface area (Å²) >= 11 is 0. The van der Waals surface area contributed by atoms with Crippen LogP contribution in [-0.2, 0) is 10.0 Å². The van der Waals surface area contributed by atoms with Gasteiger partial charge >= 0.3 is 0 Å². The molecule has 17 heavy (non-hydrogen) atoms. The SMILES string of the molecule is N#Cc1ccc(NS(=O)(=O)c2ccn[nH]2)nc1. The predicted octanol–water partition coefficient (Wildman–Crippen LogP) is 0.477. The molecule has 2 heterocycles. The average Bonchev–Trinajstić information content (AvgIpc) is 2.84. The van der Waals surface area contributed by atoms with Crippen molar-refractivity contribution in [1.82, 2.24) is 15.2 Å². The molecule has 86 valence electrons. The average molecular weight is 249 g/mol. The van der Waals surface area contributed by atoms with Gasteiger partial charge in [0, 0.05) is 6.20 Å². The maximum Gasteiger partial charge on any atom is 0.279 e. The van der Waals surface area contributed by atoms with E-state index in [1.54, 1.807) is 0 Å². The first kappa shape index (κ1) is 11.1. The molecule has 8 heteroatoms.